The van der Waals surface area contributed by atoms with Gasteiger partial charge in [-0.05, 0) is 24.3 Å². The molecule has 0 unspecified atom stereocenters. The fraction of sp³-hybridized carbons (Fsp3) is 0.706. The first-order valence-electron chi connectivity index (χ1n) is 7.85. The van der Waals surface area contributed by atoms with Gasteiger partial charge in [0.05, 0.1) is 12.2 Å². The summed E-state index contributed by atoms with van der Waals surface area (Å²) in [4.78, 5) is 12.7. The van der Waals surface area contributed by atoms with Crippen molar-refractivity contribution in [3.8, 4) is 0 Å². The fourth-order valence-corrected chi connectivity index (χ4v) is 5.55. The third-order valence-corrected chi connectivity index (χ3v) is 6.87. The number of ether oxygens (including phenoxy) is 2. The van der Waals surface area contributed by atoms with Crippen molar-refractivity contribution in [3.63, 3.8) is 0 Å². The van der Waals surface area contributed by atoms with Crippen LogP contribution in [0.2, 0.25) is 0 Å². The van der Waals surface area contributed by atoms with E-state index >= 15 is 0 Å². The van der Waals surface area contributed by atoms with Crippen LogP contribution in [-0.4, -0.2) is 41.4 Å². The van der Waals surface area contributed by atoms with E-state index in [1.807, 2.05) is 0 Å². The summed E-state index contributed by atoms with van der Waals surface area (Å²) in [6.07, 6.45) is 3.79. The van der Waals surface area contributed by atoms with Crippen LogP contribution in [0.25, 0.3) is 0 Å². The van der Waals surface area contributed by atoms with Gasteiger partial charge < -0.3 is 14.6 Å². The molecule has 0 aromatic rings. The van der Waals surface area contributed by atoms with Crippen LogP contribution in [0.15, 0.2) is 23.3 Å². The molecule has 1 N–H and O–H groups in total. The topological polar surface area (TPSA) is 59.1 Å². The predicted molar refractivity (Wildman–Crippen MR) is 74.5 cm³/mol. The summed E-state index contributed by atoms with van der Waals surface area (Å²) in [7, 11) is 0. The molecule has 2 saturated heterocycles. The van der Waals surface area contributed by atoms with Crippen LogP contribution in [0, 0.1) is 16.7 Å². The Morgan fingerprint density at radius 1 is 1.33 bits per heavy atom. The number of Topliss-reactive ketones (excluding diaryl/α,β-unsaturated/α-hetero) is 1. The number of hydrogen-bond acceptors (Lipinski definition) is 4. The Hall–Kier alpha value is -0.970. The van der Waals surface area contributed by atoms with Gasteiger partial charge in [-0.2, -0.15) is 0 Å². The second-order valence-electron chi connectivity index (χ2n) is 7.70. The van der Waals surface area contributed by atoms with Crippen LogP contribution in [0.3, 0.4) is 0 Å². The highest BCUT2D eigenvalue weighted by molar-refractivity contribution is 6.04. The lowest BCUT2D eigenvalue weighted by Gasteiger charge is -2.62. The second kappa shape index (κ2) is 3.34. The Kier molecular flexibility index (Phi) is 2.00. The fourth-order valence-electron chi connectivity index (χ4n) is 5.55. The molecule has 4 heteroatoms. The number of fused-ring (bicyclic) bond motifs is 2. The minimum absolute atomic E-state index is 0.00866. The normalized spacial score (nSPS) is 59.9. The van der Waals surface area contributed by atoms with Gasteiger partial charge in [0, 0.05) is 16.9 Å². The van der Waals surface area contributed by atoms with E-state index in [1.54, 1.807) is 0 Å². The van der Waals surface area contributed by atoms with Gasteiger partial charge in [-0.15, -0.1) is 0 Å². The van der Waals surface area contributed by atoms with Gasteiger partial charge in [0.1, 0.15) is 18.3 Å². The first-order chi connectivity index (χ1) is 9.90. The molecule has 3 heterocycles. The molecule has 0 radical (unpaired) electrons. The SMILES string of the molecule is C[C@H]1O[C@@H]2C3=C(C(=O)[C@@H]4O[C@@H]4[C@H]3O)[C@@H]1[C@]1(C)CC=C[C@]21C. The van der Waals surface area contributed by atoms with Crippen molar-refractivity contribution < 1.29 is 19.4 Å². The van der Waals surface area contributed by atoms with Crippen LogP contribution >= 0.6 is 0 Å². The lowest BCUT2D eigenvalue weighted by Crippen LogP contribution is -2.65. The molecule has 3 aliphatic carbocycles. The molecule has 0 saturated carbocycles. The number of epoxide rings is 1. The summed E-state index contributed by atoms with van der Waals surface area (Å²) in [5.74, 6) is 0.144. The Labute approximate surface area is 123 Å². The van der Waals surface area contributed by atoms with Crippen molar-refractivity contribution in [3.05, 3.63) is 23.3 Å². The van der Waals surface area contributed by atoms with E-state index in [4.69, 9.17) is 9.47 Å². The molecule has 4 nitrogen and oxygen atoms in total. The average molecular weight is 288 g/mol. The highest BCUT2D eigenvalue weighted by atomic mass is 16.6. The van der Waals surface area contributed by atoms with Crippen LogP contribution in [0.5, 0.6) is 0 Å². The van der Waals surface area contributed by atoms with Crippen molar-refractivity contribution >= 4 is 5.78 Å². The molecule has 112 valence electrons. The third kappa shape index (κ3) is 1.13. The molecule has 8 atom stereocenters. The van der Waals surface area contributed by atoms with Crippen LogP contribution in [-0.2, 0) is 14.3 Å². The lowest BCUT2D eigenvalue weighted by molar-refractivity contribution is -0.195. The standard InChI is InChI=1S/C17H20O4/c1-7-10-8-9(12(19)14-13(21-14)11(8)18)15(20-7)17(3)6-4-5-16(10,17)2/h4,6-7,10,12-15,19H,5H2,1-3H3/t7-,10-,12+,13+,14-,15-,16+,17-/m1/s1. The number of carbonyl (C=O) groups excluding carboxylic acids is 1. The zero-order valence-corrected chi connectivity index (χ0v) is 12.5. The Morgan fingerprint density at radius 3 is 2.86 bits per heavy atom. The summed E-state index contributed by atoms with van der Waals surface area (Å²) in [5, 5.41) is 10.6. The molecule has 0 amide bonds. The number of aliphatic hydroxyl groups is 1. The van der Waals surface area contributed by atoms with Gasteiger partial charge >= 0.3 is 0 Å². The zero-order chi connectivity index (χ0) is 14.7. The van der Waals surface area contributed by atoms with Gasteiger partial charge in [-0.1, -0.05) is 26.0 Å². The molecule has 0 aromatic heterocycles. The Morgan fingerprint density at radius 2 is 2.10 bits per heavy atom. The second-order valence-corrected chi connectivity index (χ2v) is 7.70. The maximum atomic E-state index is 12.7. The van der Waals surface area contributed by atoms with Gasteiger partial charge in [-0.25, -0.2) is 0 Å². The van der Waals surface area contributed by atoms with Crippen LogP contribution in [0.4, 0.5) is 0 Å². The third-order valence-electron chi connectivity index (χ3n) is 6.87. The Bertz CT molecular complexity index is 635. The number of hydrogen-bond donors (Lipinski definition) is 1. The van der Waals surface area contributed by atoms with E-state index < -0.39 is 12.2 Å². The number of carbonyl (C=O) groups is 1. The monoisotopic (exact) mass is 288 g/mol. The van der Waals surface area contributed by atoms with E-state index in [-0.39, 0.29) is 40.8 Å². The van der Waals surface area contributed by atoms with E-state index in [2.05, 4.69) is 32.9 Å². The summed E-state index contributed by atoms with van der Waals surface area (Å²) < 4.78 is 11.7. The van der Waals surface area contributed by atoms with Gasteiger partial charge in [0.15, 0.2) is 5.78 Å². The molecule has 2 fully saturated rings. The van der Waals surface area contributed by atoms with Crippen molar-refractivity contribution in [1.82, 2.24) is 0 Å². The van der Waals surface area contributed by atoms with Crippen molar-refractivity contribution in [1.29, 1.82) is 0 Å². The van der Waals surface area contributed by atoms with Crippen molar-refractivity contribution in [2.24, 2.45) is 16.7 Å². The smallest absolute Gasteiger partial charge is 0.190 e. The first kappa shape index (κ1) is 12.6. The summed E-state index contributed by atoms with van der Waals surface area (Å²) in [6.45, 7) is 6.54. The minimum Gasteiger partial charge on any atom is -0.386 e. The van der Waals surface area contributed by atoms with Gasteiger partial charge in [0.25, 0.3) is 0 Å². The zero-order valence-electron chi connectivity index (χ0n) is 12.5. The molecule has 0 spiro atoms. The highest BCUT2D eigenvalue weighted by Crippen LogP contribution is 2.68. The molecule has 21 heavy (non-hydrogen) atoms. The molecule has 6 rings (SSSR count). The first-order valence-corrected chi connectivity index (χ1v) is 7.85. The average Bonchev–Trinajstić information content (AvgIpc) is 3.16. The lowest BCUT2D eigenvalue weighted by atomic mass is 9.47. The largest absolute Gasteiger partial charge is 0.386 e. The molecular formula is C17H20O4. The maximum Gasteiger partial charge on any atom is 0.190 e. The highest BCUT2D eigenvalue weighted by Gasteiger charge is 2.71. The molecule has 6 aliphatic rings. The molecule has 3 aliphatic heterocycles. The number of aliphatic hydroxyl groups excluding tert-OH is 1. The number of allylic oxidation sites excluding steroid dienone is 1. The number of rotatable bonds is 0. The van der Waals surface area contributed by atoms with E-state index in [0.717, 1.165) is 17.6 Å². The molecule has 0 aromatic carbocycles. The quantitative estimate of drug-likeness (QED) is 0.540. The van der Waals surface area contributed by atoms with E-state index in [1.165, 1.54) is 0 Å². The summed E-state index contributed by atoms with van der Waals surface area (Å²) >= 11 is 0. The summed E-state index contributed by atoms with van der Waals surface area (Å²) in [6, 6.07) is 0. The number of ketones is 1. The Balaban J connectivity index is 1.78. The van der Waals surface area contributed by atoms with E-state index in [0.29, 0.717) is 0 Å². The van der Waals surface area contributed by atoms with Crippen LogP contribution < -0.4 is 0 Å². The van der Waals surface area contributed by atoms with E-state index in [9.17, 15) is 9.90 Å². The summed E-state index contributed by atoms with van der Waals surface area (Å²) in [5.41, 5.74) is 1.49. The molecular weight excluding hydrogens is 268 g/mol. The predicted octanol–water partition coefficient (Wildman–Crippen LogP) is 1.38. The maximum absolute atomic E-state index is 12.7. The minimum atomic E-state index is -0.682. The van der Waals surface area contributed by atoms with Gasteiger partial charge in [0.2, 0.25) is 0 Å². The van der Waals surface area contributed by atoms with Gasteiger partial charge in [-0.3, -0.25) is 4.79 Å². The van der Waals surface area contributed by atoms with Crippen molar-refractivity contribution in [2.45, 2.75) is 57.7 Å². The molecule has 2 bridgehead atoms. The van der Waals surface area contributed by atoms with Crippen LogP contribution in [0.1, 0.15) is 27.2 Å². The van der Waals surface area contributed by atoms with Crippen molar-refractivity contribution in [2.75, 3.05) is 0 Å².